The van der Waals surface area contributed by atoms with Crippen LogP contribution in [0.15, 0.2) is 24.3 Å². The molecule has 0 spiro atoms. The molecule has 3 heterocycles. The maximum absolute atomic E-state index is 14.0. The molecule has 10 heteroatoms. The second kappa shape index (κ2) is 8.50. The van der Waals surface area contributed by atoms with E-state index in [1.165, 1.54) is 7.11 Å². The van der Waals surface area contributed by atoms with Crippen molar-refractivity contribution in [3.63, 3.8) is 0 Å². The Morgan fingerprint density at radius 2 is 1.81 bits per heavy atom. The van der Waals surface area contributed by atoms with Gasteiger partial charge in [0.1, 0.15) is 16.6 Å². The summed E-state index contributed by atoms with van der Waals surface area (Å²) in [5, 5.41) is 7.09. The van der Waals surface area contributed by atoms with Crippen molar-refractivity contribution in [1.82, 2.24) is 14.7 Å². The van der Waals surface area contributed by atoms with Crippen molar-refractivity contribution in [2.24, 2.45) is 0 Å². The largest absolute Gasteiger partial charge is 0.497 e. The molecule has 1 fully saturated rings. The number of carbonyl (C=O) groups is 1. The highest BCUT2D eigenvalue weighted by Crippen LogP contribution is 2.46. The van der Waals surface area contributed by atoms with Crippen LogP contribution in [0.3, 0.4) is 0 Å². The Labute approximate surface area is 189 Å². The Kier molecular flexibility index (Phi) is 6.04. The monoisotopic (exact) mass is 470 g/mol. The standard InChI is InChI=1S/C22H26ClF3N4O2/c1-12-5-4-6-13(2)29(12)21(31)19-18(23)20-27-16(14-7-9-15(32-3)10-8-14)11-17(22(24,25)26)30(20)28-19/h7-10,12-13,16-17,27H,4-6,11H2,1-3H3. The van der Waals surface area contributed by atoms with Gasteiger partial charge in [0, 0.05) is 18.5 Å². The molecule has 6 nitrogen and oxygen atoms in total. The van der Waals surface area contributed by atoms with Gasteiger partial charge in [0.05, 0.1) is 13.2 Å². The van der Waals surface area contributed by atoms with Crippen LogP contribution in [-0.2, 0) is 0 Å². The number of amides is 1. The molecular weight excluding hydrogens is 445 g/mol. The van der Waals surface area contributed by atoms with Gasteiger partial charge in [-0.1, -0.05) is 23.7 Å². The van der Waals surface area contributed by atoms with E-state index in [0.29, 0.717) is 11.3 Å². The Bertz CT molecular complexity index is 982. The molecule has 1 amide bonds. The maximum Gasteiger partial charge on any atom is 0.410 e. The van der Waals surface area contributed by atoms with Crippen LogP contribution in [0.1, 0.15) is 67.7 Å². The summed E-state index contributed by atoms with van der Waals surface area (Å²) in [5.74, 6) is 0.194. The van der Waals surface area contributed by atoms with Crippen molar-refractivity contribution in [2.45, 2.75) is 69.9 Å². The van der Waals surface area contributed by atoms with Crippen molar-refractivity contribution in [1.29, 1.82) is 0 Å². The number of benzene rings is 1. The lowest BCUT2D eigenvalue weighted by atomic mass is 9.96. The average molecular weight is 471 g/mol. The van der Waals surface area contributed by atoms with Crippen molar-refractivity contribution < 1.29 is 22.7 Å². The van der Waals surface area contributed by atoms with E-state index in [1.54, 1.807) is 29.2 Å². The molecule has 32 heavy (non-hydrogen) atoms. The molecule has 0 aliphatic carbocycles. The minimum atomic E-state index is -4.55. The highest BCUT2D eigenvalue weighted by molar-refractivity contribution is 6.36. The van der Waals surface area contributed by atoms with Gasteiger partial charge in [0.25, 0.3) is 5.91 Å². The van der Waals surface area contributed by atoms with Gasteiger partial charge in [-0.25, -0.2) is 4.68 Å². The zero-order chi connectivity index (χ0) is 23.2. The lowest BCUT2D eigenvalue weighted by Gasteiger charge is -2.38. The first-order valence-electron chi connectivity index (χ1n) is 10.7. The number of methoxy groups -OCH3 is 1. The van der Waals surface area contributed by atoms with E-state index in [-0.39, 0.29) is 35.0 Å². The van der Waals surface area contributed by atoms with Crippen LogP contribution in [0.5, 0.6) is 5.75 Å². The second-order valence-corrected chi connectivity index (χ2v) is 8.94. The van der Waals surface area contributed by atoms with Gasteiger partial charge >= 0.3 is 6.18 Å². The summed E-state index contributed by atoms with van der Waals surface area (Å²) in [5.41, 5.74) is 0.522. The van der Waals surface area contributed by atoms with Crippen LogP contribution in [0.25, 0.3) is 0 Å². The number of piperidine rings is 1. The number of likely N-dealkylation sites (tertiary alicyclic amines) is 1. The second-order valence-electron chi connectivity index (χ2n) is 8.56. The summed E-state index contributed by atoms with van der Waals surface area (Å²) in [6, 6.07) is 4.22. The molecule has 4 atom stereocenters. The molecule has 0 saturated carbocycles. The number of nitrogens with one attached hydrogen (secondary N) is 1. The van der Waals surface area contributed by atoms with Gasteiger partial charge in [-0.05, 0) is 50.8 Å². The van der Waals surface area contributed by atoms with Gasteiger partial charge in [0.15, 0.2) is 11.7 Å². The third-order valence-corrected chi connectivity index (χ3v) is 6.80. The lowest BCUT2D eigenvalue weighted by molar-refractivity contribution is -0.173. The van der Waals surface area contributed by atoms with Crippen molar-refractivity contribution in [2.75, 3.05) is 12.4 Å². The predicted octanol–water partition coefficient (Wildman–Crippen LogP) is 5.61. The minimum Gasteiger partial charge on any atom is -0.497 e. The first-order valence-corrected chi connectivity index (χ1v) is 11.1. The number of nitrogens with zero attached hydrogens (tertiary/aromatic N) is 3. The Morgan fingerprint density at radius 3 is 2.38 bits per heavy atom. The van der Waals surface area contributed by atoms with Gasteiger partial charge in [0.2, 0.25) is 0 Å². The molecule has 2 aliphatic heterocycles. The molecule has 1 N–H and O–H groups in total. The lowest BCUT2D eigenvalue weighted by Crippen LogP contribution is -2.47. The number of rotatable bonds is 3. The number of alkyl halides is 3. The fraction of sp³-hybridized carbons (Fsp3) is 0.545. The van der Waals surface area contributed by atoms with Crippen molar-refractivity contribution >= 4 is 23.3 Å². The molecule has 1 saturated heterocycles. The number of hydrogen-bond donors (Lipinski definition) is 1. The minimum absolute atomic E-state index is 0.0155. The van der Waals surface area contributed by atoms with Crippen LogP contribution < -0.4 is 10.1 Å². The van der Waals surface area contributed by atoms with Crippen molar-refractivity contribution in [3.05, 3.63) is 40.5 Å². The fourth-order valence-electron chi connectivity index (χ4n) is 4.72. The van der Waals surface area contributed by atoms with Gasteiger partial charge in [-0.2, -0.15) is 18.3 Å². The zero-order valence-electron chi connectivity index (χ0n) is 18.1. The number of aromatic nitrogens is 2. The SMILES string of the molecule is COc1ccc(C2CC(C(F)(F)F)n3nc(C(=O)N4C(C)CCCC4C)c(Cl)c3N2)cc1. The Balaban J connectivity index is 1.72. The van der Waals surface area contributed by atoms with Crippen LogP contribution in [-0.4, -0.2) is 46.0 Å². The summed E-state index contributed by atoms with van der Waals surface area (Å²) >= 11 is 6.49. The van der Waals surface area contributed by atoms with Crippen LogP contribution in [0, 0.1) is 0 Å². The summed E-state index contributed by atoms with van der Waals surface area (Å²) in [6.45, 7) is 3.88. The van der Waals surface area contributed by atoms with E-state index in [2.05, 4.69) is 10.4 Å². The molecule has 1 aromatic carbocycles. The predicted molar refractivity (Wildman–Crippen MR) is 115 cm³/mol. The zero-order valence-corrected chi connectivity index (χ0v) is 18.9. The number of ether oxygens (including phenoxy) is 1. The fourth-order valence-corrected chi connectivity index (χ4v) is 4.98. The number of fused-ring (bicyclic) bond motifs is 1. The molecule has 2 aliphatic rings. The number of carbonyl (C=O) groups excluding carboxylic acids is 1. The molecule has 4 unspecified atom stereocenters. The van der Waals surface area contributed by atoms with Gasteiger partial charge in [-0.15, -0.1) is 0 Å². The first-order chi connectivity index (χ1) is 15.1. The summed E-state index contributed by atoms with van der Waals surface area (Å²) < 4.78 is 48.0. The van der Waals surface area contributed by atoms with Crippen LogP contribution in [0.2, 0.25) is 5.02 Å². The summed E-state index contributed by atoms with van der Waals surface area (Å²) in [6.07, 6.45) is -2.15. The molecule has 1 aromatic heterocycles. The number of anilines is 1. The topological polar surface area (TPSA) is 59.4 Å². The normalized spacial score (nSPS) is 25.8. The molecule has 0 radical (unpaired) electrons. The first kappa shape index (κ1) is 22.8. The van der Waals surface area contributed by atoms with E-state index in [9.17, 15) is 18.0 Å². The van der Waals surface area contributed by atoms with Crippen LogP contribution in [0.4, 0.5) is 19.0 Å². The average Bonchev–Trinajstić information content (AvgIpc) is 3.08. The summed E-state index contributed by atoms with van der Waals surface area (Å²) in [7, 11) is 1.52. The molecule has 4 rings (SSSR count). The number of halogens is 4. The smallest absolute Gasteiger partial charge is 0.410 e. The third-order valence-electron chi connectivity index (χ3n) is 6.44. The number of hydrogen-bond acceptors (Lipinski definition) is 4. The van der Waals surface area contributed by atoms with Crippen LogP contribution >= 0.6 is 11.6 Å². The van der Waals surface area contributed by atoms with E-state index in [1.807, 2.05) is 13.8 Å². The molecule has 2 aromatic rings. The van der Waals surface area contributed by atoms with Gasteiger partial charge < -0.3 is 15.0 Å². The quantitative estimate of drug-likeness (QED) is 0.633. The highest BCUT2D eigenvalue weighted by atomic mass is 35.5. The van der Waals surface area contributed by atoms with Crippen molar-refractivity contribution in [3.8, 4) is 5.75 Å². The molecule has 174 valence electrons. The summed E-state index contributed by atoms with van der Waals surface area (Å²) in [4.78, 5) is 15.0. The van der Waals surface area contributed by atoms with E-state index in [4.69, 9.17) is 16.3 Å². The molecule has 0 bridgehead atoms. The highest BCUT2D eigenvalue weighted by Gasteiger charge is 2.48. The van der Waals surface area contributed by atoms with E-state index < -0.39 is 24.2 Å². The molecular formula is C22H26ClF3N4O2. The van der Waals surface area contributed by atoms with E-state index in [0.717, 1.165) is 23.9 Å². The maximum atomic E-state index is 14.0. The van der Waals surface area contributed by atoms with Gasteiger partial charge in [-0.3, -0.25) is 4.79 Å². The Morgan fingerprint density at radius 1 is 1.19 bits per heavy atom. The third kappa shape index (κ3) is 4.02. The Hall–Kier alpha value is -2.42. The van der Waals surface area contributed by atoms with E-state index >= 15 is 0 Å².